The molecule has 0 bridgehead atoms. The minimum Gasteiger partial charge on any atom is -0.480 e. The van der Waals surface area contributed by atoms with Gasteiger partial charge in [-0.1, -0.05) is 30.3 Å². The van der Waals surface area contributed by atoms with Crippen molar-refractivity contribution in [3.8, 4) is 0 Å². The molecular formula is C14H18N2O4. The lowest BCUT2D eigenvalue weighted by atomic mass is 9.78. The molecule has 0 spiro atoms. The number of carboxylic acid groups (broad SMARTS) is 1. The molecule has 1 aromatic rings. The molecule has 6 heteroatoms. The molecule has 3 N–H and O–H groups in total. The van der Waals surface area contributed by atoms with E-state index in [-0.39, 0.29) is 12.8 Å². The first kappa shape index (κ1) is 14.5. The molecule has 0 saturated carbocycles. The van der Waals surface area contributed by atoms with Crippen LogP contribution in [0, 0.1) is 5.41 Å². The van der Waals surface area contributed by atoms with E-state index < -0.39 is 17.4 Å². The van der Waals surface area contributed by atoms with Crippen molar-refractivity contribution in [2.24, 2.45) is 11.3 Å². The Hall–Kier alpha value is -1.92. The zero-order chi connectivity index (χ0) is 14.6. The summed E-state index contributed by atoms with van der Waals surface area (Å²) in [7, 11) is 0. The average Bonchev–Trinajstić information content (AvgIpc) is 2.48. The Morgan fingerprint density at radius 2 is 1.85 bits per heavy atom. The first-order valence-corrected chi connectivity index (χ1v) is 6.49. The SMILES string of the molecule is NOC(=O)C1(C(=O)O)CCN(Cc2ccccc2)CC1. The van der Waals surface area contributed by atoms with Crippen molar-refractivity contribution in [3.05, 3.63) is 35.9 Å². The summed E-state index contributed by atoms with van der Waals surface area (Å²) < 4.78 is 0. The van der Waals surface area contributed by atoms with Crippen LogP contribution in [-0.2, 0) is 21.0 Å². The molecule has 1 heterocycles. The Balaban J connectivity index is 2.00. The highest BCUT2D eigenvalue weighted by molar-refractivity contribution is 5.99. The normalized spacial score (nSPS) is 18.4. The number of likely N-dealkylation sites (tertiary alicyclic amines) is 1. The van der Waals surface area contributed by atoms with Crippen molar-refractivity contribution in [2.45, 2.75) is 19.4 Å². The number of hydrogen-bond donors (Lipinski definition) is 2. The number of piperidine rings is 1. The molecule has 1 saturated heterocycles. The van der Waals surface area contributed by atoms with Gasteiger partial charge in [-0.3, -0.25) is 9.69 Å². The number of carboxylic acids is 1. The molecule has 0 amide bonds. The van der Waals surface area contributed by atoms with E-state index in [1.54, 1.807) is 0 Å². The Morgan fingerprint density at radius 3 is 2.35 bits per heavy atom. The number of nitrogens with two attached hydrogens (primary N) is 1. The molecule has 2 rings (SSSR count). The van der Waals surface area contributed by atoms with Crippen LogP contribution < -0.4 is 5.90 Å². The molecule has 1 aromatic carbocycles. The third kappa shape index (κ3) is 2.81. The molecule has 0 aromatic heterocycles. The van der Waals surface area contributed by atoms with E-state index in [0.29, 0.717) is 13.1 Å². The fourth-order valence-corrected chi connectivity index (χ4v) is 2.55. The highest BCUT2D eigenvalue weighted by Gasteiger charge is 2.49. The molecule has 1 fully saturated rings. The number of benzene rings is 1. The summed E-state index contributed by atoms with van der Waals surface area (Å²) in [5.41, 5.74) is -0.334. The maximum Gasteiger partial charge on any atom is 0.342 e. The van der Waals surface area contributed by atoms with Crippen molar-refractivity contribution in [2.75, 3.05) is 13.1 Å². The summed E-state index contributed by atoms with van der Waals surface area (Å²) in [5.74, 6) is 2.84. The van der Waals surface area contributed by atoms with Gasteiger partial charge in [-0.05, 0) is 18.4 Å². The second-order valence-corrected chi connectivity index (χ2v) is 5.05. The monoisotopic (exact) mass is 278 g/mol. The van der Waals surface area contributed by atoms with E-state index >= 15 is 0 Å². The van der Waals surface area contributed by atoms with Crippen molar-refractivity contribution in [1.29, 1.82) is 0 Å². The van der Waals surface area contributed by atoms with Gasteiger partial charge in [-0.2, -0.15) is 5.90 Å². The van der Waals surface area contributed by atoms with Crippen LogP contribution in [0.25, 0.3) is 0 Å². The maximum absolute atomic E-state index is 11.6. The Kier molecular flexibility index (Phi) is 4.36. The topological polar surface area (TPSA) is 92.9 Å². The van der Waals surface area contributed by atoms with Crippen LogP contribution in [0.2, 0.25) is 0 Å². The number of nitrogens with zero attached hydrogens (tertiary/aromatic N) is 1. The Labute approximate surface area is 117 Å². The van der Waals surface area contributed by atoms with Crippen molar-refractivity contribution >= 4 is 11.9 Å². The zero-order valence-electron chi connectivity index (χ0n) is 11.1. The molecule has 6 nitrogen and oxygen atoms in total. The van der Waals surface area contributed by atoms with Crippen LogP contribution in [-0.4, -0.2) is 35.0 Å². The summed E-state index contributed by atoms with van der Waals surface area (Å²) >= 11 is 0. The predicted molar refractivity (Wildman–Crippen MR) is 71.3 cm³/mol. The minimum atomic E-state index is -1.50. The van der Waals surface area contributed by atoms with Gasteiger partial charge < -0.3 is 9.94 Å². The Morgan fingerprint density at radius 1 is 1.25 bits per heavy atom. The van der Waals surface area contributed by atoms with Gasteiger partial charge in [-0.25, -0.2) is 4.79 Å². The molecule has 0 radical (unpaired) electrons. The molecule has 0 unspecified atom stereocenters. The van der Waals surface area contributed by atoms with Crippen molar-refractivity contribution in [1.82, 2.24) is 4.90 Å². The van der Waals surface area contributed by atoms with Gasteiger partial charge in [0.1, 0.15) is 0 Å². The lowest BCUT2D eigenvalue weighted by Crippen LogP contribution is -2.50. The predicted octanol–water partition coefficient (Wildman–Crippen LogP) is 0.770. The molecule has 1 aliphatic heterocycles. The summed E-state index contributed by atoms with van der Waals surface area (Å²) in [4.78, 5) is 29.3. The van der Waals surface area contributed by atoms with E-state index in [9.17, 15) is 14.7 Å². The maximum atomic E-state index is 11.6. The fourth-order valence-electron chi connectivity index (χ4n) is 2.55. The quantitative estimate of drug-likeness (QED) is 0.624. The van der Waals surface area contributed by atoms with Crippen LogP contribution in [0.1, 0.15) is 18.4 Å². The van der Waals surface area contributed by atoms with E-state index in [0.717, 1.165) is 12.1 Å². The molecule has 108 valence electrons. The van der Waals surface area contributed by atoms with Crippen molar-refractivity contribution in [3.63, 3.8) is 0 Å². The minimum absolute atomic E-state index is 0.213. The lowest BCUT2D eigenvalue weighted by molar-refractivity contribution is -0.173. The van der Waals surface area contributed by atoms with Gasteiger partial charge >= 0.3 is 11.9 Å². The van der Waals surface area contributed by atoms with Crippen molar-refractivity contribution < 1.29 is 19.5 Å². The fraction of sp³-hybridized carbons (Fsp3) is 0.429. The molecule has 0 aliphatic carbocycles. The average molecular weight is 278 g/mol. The largest absolute Gasteiger partial charge is 0.480 e. The molecular weight excluding hydrogens is 260 g/mol. The third-order valence-corrected chi connectivity index (χ3v) is 3.87. The zero-order valence-corrected chi connectivity index (χ0v) is 11.1. The highest BCUT2D eigenvalue weighted by Crippen LogP contribution is 2.33. The number of rotatable bonds is 4. The standard InChI is InChI=1S/C14H18N2O4/c15-20-13(19)14(12(17)18)6-8-16(9-7-14)10-11-4-2-1-3-5-11/h1-5H,6-10,15H2,(H,17,18). The van der Waals surface area contributed by atoms with Crippen LogP contribution in [0.5, 0.6) is 0 Å². The first-order chi connectivity index (χ1) is 9.58. The highest BCUT2D eigenvalue weighted by atomic mass is 16.7. The number of carbonyl (C=O) groups excluding carboxylic acids is 1. The molecule has 0 atom stereocenters. The second kappa shape index (κ2) is 6.02. The lowest BCUT2D eigenvalue weighted by Gasteiger charge is -2.36. The number of hydrogen-bond acceptors (Lipinski definition) is 5. The van der Waals surface area contributed by atoms with Crippen LogP contribution in [0.4, 0.5) is 0 Å². The molecule has 20 heavy (non-hydrogen) atoms. The number of aliphatic carboxylic acids is 1. The van der Waals surface area contributed by atoms with E-state index in [1.807, 2.05) is 30.3 Å². The second-order valence-electron chi connectivity index (χ2n) is 5.05. The first-order valence-electron chi connectivity index (χ1n) is 6.49. The van der Waals surface area contributed by atoms with Gasteiger partial charge in [0.25, 0.3) is 0 Å². The summed E-state index contributed by atoms with van der Waals surface area (Å²) in [6.07, 6.45) is 0.427. The van der Waals surface area contributed by atoms with E-state index in [1.165, 1.54) is 0 Å². The van der Waals surface area contributed by atoms with Crippen LogP contribution >= 0.6 is 0 Å². The van der Waals surface area contributed by atoms with E-state index in [4.69, 9.17) is 5.90 Å². The summed E-state index contributed by atoms with van der Waals surface area (Å²) in [5, 5.41) is 9.29. The summed E-state index contributed by atoms with van der Waals surface area (Å²) in [6, 6.07) is 9.92. The van der Waals surface area contributed by atoms with E-state index in [2.05, 4.69) is 9.74 Å². The number of carbonyl (C=O) groups is 2. The van der Waals surface area contributed by atoms with Crippen LogP contribution in [0.15, 0.2) is 30.3 Å². The van der Waals surface area contributed by atoms with Gasteiger partial charge in [-0.15, -0.1) is 0 Å². The van der Waals surface area contributed by atoms with Gasteiger partial charge in [0.2, 0.25) is 0 Å². The van der Waals surface area contributed by atoms with Gasteiger partial charge in [0, 0.05) is 19.6 Å². The Bertz CT molecular complexity index is 481. The summed E-state index contributed by atoms with van der Waals surface area (Å²) in [6.45, 7) is 1.79. The van der Waals surface area contributed by atoms with Gasteiger partial charge in [0.15, 0.2) is 5.41 Å². The van der Waals surface area contributed by atoms with Gasteiger partial charge in [0.05, 0.1) is 0 Å². The third-order valence-electron chi connectivity index (χ3n) is 3.87. The van der Waals surface area contributed by atoms with Crippen LogP contribution in [0.3, 0.4) is 0 Å². The molecule has 1 aliphatic rings. The smallest absolute Gasteiger partial charge is 0.342 e.